The molecule has 0 atom stereocenters. The first-order chi connectivity index (χ1) is 11.4. The van der Waals surface area contributed by atoms with Crippen molar-refractivity contribution < 1.29 is 27.8 Å². The van der Waals surface area contributed by atoms with Crippen LogP contribution >= 0.6 is 15.9 Å². The van der Waals surface area contributed by atoms with Crippen molar-refractivity contribution in [2.45, 2.75) is 0 Å². The molecule has 8 heteroatoms. The predicted octanol–water partition coefficient (Wildman–Crippen LogP) is 3.53. The molecule has 0 aliphatic carbocycles. The van der Waals surface area contributed by atoms with Crippen molar-refractivity contribution in [2.75, 3.05) is 19.0 Å². The van der Waals surface area contributed by atoms with Crippen molar-refractivity contribution in [2.24, 2.45) is 0 Å². The molecule has 0 saturated heterocycles. The van der Waals surface area contributed by atoms with Gasteiger partial charge in [-0.1, -0.05) is 0 Å². The summed E-state index contributed by atoms with van der Waals surface area (Å²) in [5, 5.41) is 2.13. The average Bonchev–Trinajstić information content (AvgIpc) is 2.56. The van der Waals surface area contributed by atoms with E-state index in [-0.39, 0.29) is 11.3 Å². The van der Waals surface area contributed by atoms with Gasteiger partial charge >= 0.3 is 5.97 Å². The van der Waals surface area contributed by atoms with Gasteiger partial charge in [0, 0.05) is 6.07 Å². The predicted molar refractivity (Wildman–Crippen MR) is 86.0 cm³/mol. The molecular formula is C16H12BrF2NO4. The molecule has 2 aromatic carbocycles. The normalized spacial score (nSPS) is 10.2. The number of halogens is 3. The molecule has 0 aromatic heterocycles. The second-order valence-corrected chi connectivity index (χ2v) is 5.45. The molecule has 0 radical (unpaired) electrons. The standard InChI is InChI=1S/C16H12BrF2NO4/c1-23-14-5-2-9(6-11(14)17)16(22)24-8-15(21)20-13-7-10(18)3-4-12(13)19/h2-7H,8H2,1H3,(H,20,21). The molecule has 0 saturated carbocycles. The number of anilines is 1. The first-order valence-electron chi connectivity index (χ1n) is 6.66. The maximum Gasteiger partial charge on any atom is 0.338 e. The molecule has 0 aliphatic rings. The Morgan fingerprint density at radius 1 is 1.17 bits per heavy atom. The van der Waals surface area contributed by atoms with Crippen LogP contribution in [0.3, 0.4) is 0 Å². The number of carbonyl (C=O) groups is 2. The van der Waals surface area contributed by atoms with Crippen LogP contribution in [0.25, 0.3) is 0 Å². The summed E-state index contributed by atoms with van der Waals surface area (Å²) in [6.07, 6.45) is 0. The molecule has 0 unspecified atom stereocenters. The van der Waals surface area contributed by atoms with Crippen molar-refractivity contribution in [1.82, 2.24) is 0 Å². The van der Waals surface area contributed by atoms with E-state index >= 15 is 0 Å². The molecule has 24 heavy (non-hydrogen) atoms. The van der Waals surface area contributed by atoms with Gasteiger partial charge in [-0.15, -0.1) is 0 Å². The molecule has 0 heterocycles. The Morgan fingerprint density at radius 3 is 2.58 bits per heavy atom. The number of carbonyl (C=O) groups excluding carboxylic acids is 2. The summed E-state index contributed by atoms with van der Waals surface area (Å²) in [5.41, 5.74) is -0.129. The van der Waals surface area contributed by atoms with Crippen LogP contribution < -0.4 is 10.1 Å². The van der Waals surface area contributed by atoms with E-state index < -0.39 is 30.1 Å². The van der Waals surface area contributed by atoms with E-state index in [2.05, 4.69) is 21.2 Å². The Kier molecular flexibility index (Phi) is 5.86. The third-order valence-electron chi connectivity index (χ3n) is 2.92. The van der Waals surface area contributed by atoms with Crippen LogP contribution in [0.4, 0.5) is 14.5 Å². The number of nitrogens with one attached hydrogen (secondary N) is 1. The fraction of sp³-hybridized carbons (Fsp3) is 0.125. The summed E-state index contributed by atoms with van der Waals surface area (Å²) in [5.74, 6) is -2.50. The molecular weight excluding hydrogens is 388 g/mol. The summed E-state index contributed by atoms with van der Waals surface area (Å²) in [7, 11) is 1.48. The van der Waals surface area contributed by atoms with Crippen LogP contribution in [0.2, 0.25) is 0 Å². The fourth-order valence-corrected chi connectivity index (χ4v) is 2.33. The highest BCUT2D eigenvalue weighted by Crippen LogP contribution is 2.25. The van der Waals surface area contributed by atoms with Crippen LogP contribution in [-0.4, -0.2) is 25.6 Å². The van der Waals surface area contributed by atoms with E-state index in [1.54, 1.807) is 6.07 Å². The Bertz CT molecular complexity index is 783. The number of methoxy groups -OCH3 is 1. The van der Waals surface area contributed by atoms with Crippen molar-refractivity contribution in [3.8, 4) is 5.75 Å². The quantitative estimate of drug-likeness (QED) is 0.781. The van der Waals surface area contributed by atoms with Crippen LogP contribution in [0.15, 0.2) is 40.9 Å². The zero-order valence-electron chi connectivity index (χ0n) is 12.4. The minimum Gasteiger partial charge on any atom is -0.496 e. The zero-order chi connectivity index (χ0) is 17.7. The third kappa shape index (κ3) is 4.51. The van der Waals surface area contributed by atoms with Crippen LogP contribution in [0.5, 0.6) is 5.75 Å². The SMILES string of the molecule is COc1ccc(C(=O)OCC(=O)Nc2cc(F)ccc2F)cc1Br. The van der Waals surface area contributed by atoms with Crippen molar-refractivity contribution in [3.05, 3.63) is 58.1 Å². The minimum atomic E-state index is -0.796. The highest BCUT2D eigenvalue weighted by molar-refractivity contribution is 9.10. The minimum absolute atomic E-state index is 0.201. The molecule has 0 aliphatic heterocycles. The van der Waals surface area contributed by atoms with Gasteiger partial charge in [0.25, 0.3) is 5.91 Å². The van der Waals surface area contributed by atoms with E-state index in [1.165, 1.54) is 19.2 Å². The number of benzene rings is 2. The molecule has 1 N–H and O–H groups in total. The summed E-state index contributed by atoms with van der Waals surface area (Å²) < 4.78 is 36.8. The lowest BCUT2D eigenvalue weighted by Gasteiger charge is -2.08. The molecule has 0 bridgehead atoms. The molecule has 0 fully saturated rings. The van der Waals surface area contributed by atoms with Gasteiger partial charge in [-0.2, -0.15) is 0 Å². The Labute approximate surface area is 144 Å². The van der Waals surface area contributed by atoms with Crippen molar-refractivity contribution in [3.63, 3.8) is 0 Å². The summed E-state index contributed by atoms with van der Waals surface area (Å²) >= 11 is 3.23. The van der Waals surface area contributed by atoms with Crippen LogP contribution in [-0.2, 0) is 9.53 Å². The lowest BCUT2D eigenvalue weighted by Crippen LogP contribution is -2.21. The molecule has 5 nitrogen and oxygen atoms in total. The number of hydrogen-bond acceptors (Lipinski definition) is 4. The van der Waals surface area contributed by atoms with Crippen molar-refractivity contribution in [1.29, 1.82) is 0 Å². The van der Waals surface area contributed by atoms with Crippen LogP contribution in [0, 0.1) is 11.6 Å². The van der Waals surface area contributed by atoms with Gasteiger partial charge in [0.15, 0.2) is 6.61 Å². The van der Waals surface area contributed by atoms with E-state index in [4.69, 9.17) is 9.47 Å². The van der Waals surface area contributed by atoms with E-state index in [9.17, 15) is 18.4 Å². The number of rotatable bonds is 5. The van der Waals surface area contributed by atoms with Gasteiger partial charge in [-0.25, -0.2) is 13.6 Å². The fourth-order valence-electron chi connectivity index (χ4n) is 1.79. The molecule has 0 spiro atoms. The Balaban J connectivity index is 1.95. The van der Waals surface area contributed by atoms with Gasteiger partial charge in [0.2, 0.25) is 0 Å². The second-order valence-electron chi connectivity index (χ2n) is 4.60. The summed E-state index contributed by atoms with van der Waals surface area (Å²) in [4.78, 5) is 23.5. The topological polar surface area (TPSA) is 64.6 Å². The van der Waals surface area contributed by atoms with Gasteiger partial charge in [-0.05, 0) is 46.3 Å². The van der Waals surface area contributed by atoms with E-state index in [0.29, 0.717) is 10.2 Å². The Morgan fingerprint density at radius 2 is 1.92 bits per heavy atom. The average molecular weight is 400 g/mol. The third-order valence-corrected chi connectivity index (χ3v) is 3.54. The molecule has 2 aromatic rings. The molecule has 2 rings (SSSR count). The van der Waals surface area contributed by atoms with E-state index in [1.807, 2.05) is 0 Å². The largest absolute Gasteiger partial charge is 0.496 e. The van der Waals surface area contributed by atoms with Gasteiger partial charge < -0.3 is 14.8 Å². The maximum atomic E-state index is 13.4. The maximum absolute atomic E-state index is 13.4. The van der Waals surface area contributed by atoms with Gasteiger partial charge in [0.1, 0.15) is 17.4 Å². The van der Waals surface area contributed by atoms with Gasteiger partial charge in [0.05, 0.1) is 22.8 Å². The first kappa shape index (κ1) is 17.9. The summed E-state index contributed by atoms with van der Waals surface area (Å²) in [6, 6.07) is 7.14. The highest BCUT2D eigenvalue weighted by Gasteiger charge is 2.14. The molecule has 126 valence electrons. The number of esters is 1. The number of ether oxygens (including phenoxy) is 2. The second kappa shape index (κ2) is 7.87. The van der Waals surface area contributed by atoms with Crippen molar-refractivity contribution >= 4 is 33.5 Å². The summed E-state index contributed by atoms with van der Waals surface area (Å²) in [6.45, 7) is -0.640. The van der Waals surface area contributed by atoms with Crippen LogP contribution in [0.1, 0.15) is 10.4 Å². The smallest absolute Gasteiger partial charge is 0.338 e. The van der Waals surface area contributed by atoms with Gasteiger partial charge in [-0.3, -0.25) is 4.79 Å². The highest BCUT2D eigenvalue weighted by atomic mass is 79.9. The number of hydrogen-bond donors (Lipinski definition) is 1. The monoisotopic (exact) mass is 399 g/mol. The molecule has 1 amide bonds. The number of amides is 1. The first-order valence-corrected chi connectivity index (χ1v) is 7.45. The Hall–Kier alpha value is -2.48. The van der Waals surface area contributed by atoms with E-state index in [0.717, 1.165) is 18.2 Å². The lowest BCUT2D eigenvalue weighted by molar-refractivity contribution is -0.119. The lowest BCUT2D eigenvalue weighted by atomic mass is 10.2. The zero-order valence-corrected chi connectivity index (χ0v) is 14.0.